The Kier molecular flexibility index (Phi) is 4.89. The molecule has 1 amide bonds. The summed E-state index contributed by atoms with van der Waals surface area (Å²) in [6.07, 6.45) is 6.89. The summed E-state index contributed by atoms with van der Waals surface area (Å²) in [7, 11) is 0. The zero-order valence-electron chi connectivity index (χ0n) is 13.0. The molecule has 3 nitrogen and oxygen atoms in total. The fraction of sp³-hybridized carbons (Fsp3) is 0.353. The first-order valence-electron chi connectivity index (χ1n) is 7.43. The molecule has 1 aromatic rings. The van der Waals surface area contributed by atoms with Crippen LogP contribution in [0.3, 0.4) is 0 Å². The smallest absolute Gasteiger partial charge is 0.312 e. The van der Waals surface area contributed by atoms with Crippen LogP contribution in [0.25, 0.3) is 0 Å². The Balaban J connectivity index is 1.91. The van der Waals surface area contributed by atoms with Gasteiger partial charge in [-0.3, -0.25) is 4.79 Å². The molecule has 2 N–H and O–H groups in total. The van der Waals surface area contributed by atoms with Crippen LogP contribution in [0, 0.1) is 5.41 Å². The van der Waals surface area contributed by atoms with Gasteiger partial charge in [0.05, 0.1) is 0 Å². The Morgan fingerprint density at radius 2 is 1.90 bits per heavy atom. The Morgan fingerprint density at radius 3 is 2.48 bits per heavy atom. The van der Waals surface area contributed by atoms with Crippen LogP contribution in [0.4, 0.5) is 0 Å². The molecule has 0 aromatic heterocycles. The lowest BCUT2D eigenvalue weighted by Gasteiger charge is -2.18. The molecule has 1 aromatic carbocycles. The largest absolute Gasteiger partial charge is 0.427 e. The first kappa shape index (κ1) is 15.4. The zero-order chi connectivity index (χ0) is 15.3. The molecule has 1 heterocycles. The van der Waals surface area contributed by atoms with E-state index in [0.29, 0.717) is 12.1 Å². The molecule has 0 radical (unpaired) electrons. The topological polar surface area (TPSA) is 41.1 Å². The number of allylic oxidation sites excluding steroid dienone is 2. The average molecular weight is 282 g/mol. The summed E-state index contributed by atoms with van der Waals surface area (Å²) >= 11 is 0. The third kappa shape index (κ3) is 4.81. The van der Waals surface area contributed by atoms with Crippen LogP contribution >= 0.6 is 0 Å². The van der Waals surface area contributed by atoms with E-state index in [9.17, 15) is 4.79 Å². The lowest BCUT2D eigenvalue weighted by atomic mass is 9.55. The van der Waals surface area contributed by atoms with Crippen molar-refractivity contribution in [2.75, 3.05) is 6.54 Å². The van der Waals surface area contributed by atoms with Crippen LogP contribution in [-0.4, -0.2) is 19.3 Å². The molecule has 21 heavy (non-hydrogen) atoms. The molecule has 1 aliphatic rings. The summed E-state index contributed by atoms with van der Waals surface area (Å²) in [6.45, 7) is 7.42. The molecular weight excluding hydrogens is 259 g/mol. The van der Waals surface area contributed by atoms with Gasteiger partial charge in [0.25, 0.3) is 5.91 Å². The number of carbonyl (C=O) groups is 1. The summed E-state index contributed by atoms with van der Waals surface area (Å²) < 4.78 is 0. The standard InChI is InChI=1S/C17H23BN2O/c1-17(2,3)10-13-19-16(21)14-6-8-15(9-7-14)18-11-4-5-12-20-18/h4-9,11-12,20H,10,13H2,1-3H3,(H,19,21). The maximum absolute atomic E-state index is 12.1. The second-order valence-electron chi connectivity index (χ2n) is 6.58. The van der Waals surface area contributed by atoms with Crippen LogP contribution in [0.15, 0.2) is 48.6 Å². The fourth-order valence-electron chi connectivity index (χ4n) is 2.15. The molecule has 110 valence electrons. The van der Waals surface area contributed by atoms with Crippen molar-refractivity contribution in [1.29, 1.82) is 0 Å². The minimum Gasteiger partial charge on any atom is -0.427 e. The maximum atomic E-state index is 12.1. The number of nitrogens with one attached hydrogen (secondary N) is 2. The van der Waals surface area contributed by atoms with Gasteiger partial charge in [0.2, 0.25) is 0 Å². The van der Waals surface area contributed by atoms with Gasteiger partial charge in [-0.05, 0) is 36.2 Å². The lowest BCUT2D eigenvalue weighted by Crippen LogP contribution is -2.41. The Bertz CT molecular complexity index is 541. The molecule has 0 spiro atoms. The highest BCUT2D eigenvalue weighted by molar-refractivity contribution is 6.76. The van der Waals surface area contributed by atoms with Gasteiger partial charge in [-0.1, -0.05) is 50.4 Å². The molecule has 0 fully saturated rings. The number of amides is 1. The summed E-state index contributed by atoms with van der Waals surface area (Å²) in [5.74, 6) is 2.09. The van der Waals surface area contributed by atoms with Crippen LogP contribution in [0.1, 0.15) is 37.6 Å². The molecule has 0 unspecified atom stereocenters. The highest BCUT2D eigenvalue weighted by Gasteiger charge is 2.15. The molecule has 0 aliphatic carbocycles. The van der Waals surface area contributed by atoms with Gasteiger partial charge in [0.15, 0.2) is 0 Å². The van der Waals surface area contributed by atoms with Gasteiger partial charge in [-0.15, -0.1) is 0 Å². The normalized spacial score (nSPS) is 14.0. The van der Waals surface area contributed by atoms with E-state index in [2.05, 4.69) is 37.3 Å². The molecular formula is C17H23BN2O. The van der Waals surface area contributed by atoms with Crippen molar-refractivity contribution in [2.24, 2.45) is 5.41 Å². The number of rotatable bonds is 4. The molecule has 0 bridgehead atoms. The van der Waals surface area contributed by atoms with E-state index in [1.807, 2.05) is 42.6 Å². The highest BCUT2D eigenvalue weighted by Crippen LogP contribution is 2.17. The summed E-state index contributed by atoms with van der Waals surface area (Å²) in [4.78, 5) is 12.1. The number of benzene rings is 1. The fourth-order valence-corrected chi connectivity index (χ4v) is 2.15. The predicted molar refractivity (Wildman–Crippen MR) is 89.7 cm³/mol. The molecule has 0 saturated carbocycles. The second kappa shape index (κ2) is 6.66. The SMILES string of the molecule is CC(C)(C)CCNC(=O)c1ccc(B2C=CC=CN2)cc1. The van der Waals surface area contributed by atoms with Gasteiger partial charge >= 0.3 is 6.85 Å². The minimum atomic E-state index is -0.00200. The van der Waals surface area contributed by atoms with Crippen LogP contribution < -0.4 is 16.0 Å². The average Bonchev–Trinajstić information content (AvgIpc) is 2.47. The third-order valence-corrected chi connectivity index (χ3v) is 3.48. The van der Waals surface area contributed by atoms with E-state index in [1.54, 1.807) is 0 Å². The van der Waals surface area contributed by atoms with Crippen molar-refractivity contribution in [3.8, 4) is 0 Å². The monoisotopic (exact) mass is 282 g/mol. The van der Waals surface area contributed by atoms with Crippen molar-refractivity contribution in [3.63, 3.8) is 0 Å². The maximum Gasteiger partial charge on any atom is 0.312 e. The first-order chi connectivity index (χ1) is 9.96. The minimum absolute atomic E-state index is 0.00200. The van der Waals surface area contributed by atoms with Crippen molar-refractivity contribution in [2.45, 2.75) is 27.2 Å². The van der Waals surface area contributed by atoms with E-state index < -0.39 is 0 Å². The molecule has 1 aliphatic heterocycles. The molecule has 0 atom stereocenters. The van der Waals surface area contributed by atoms with Crippen molar-refractivity contribution in [3.05, 3.63) is 54.2 Å². The summed E-state index contributed by atoms with van der Waals surface area (Å²) in [5.41, 5.74) is 2.11. The van der Waals surface area contributed by atoms with Gasteiger partial charge in [-0.25, -0.2) is 0 Å². The third-order valence-electron chi connectivity index (χ3n) is 3.48. The molecule has 4 heteroatoms. The number of hydrogen-bond donors (Lipinski definition) is 2. The van der Waals surface area contributed by atoms with Crippen LogP contribution in [0.2, 0.25) is 0 Å². The number of carbonyl (C=O) groups excluding carboxylic acids is 1. The van der Waals surface area contributed by atoms with E-state index >= 15 is 0 Å². The molecule has 2 rings (SSSR count). The van der Waals surface area contributed by atoms with Crippen molar-refractivity contribution in [1.82, 2.24) is 10.5 Å². The number of hydrogen-bond acceptors (Lipinski definition) is 2. The van der Waals surface area contributed by atoms with Gasteiger partial charge in [0, 0.05) is 12.1 Å². The lowest BCUT2D eigenvalue weighted by molar-refractivity contribution is 0.0949. The van der Waals surface area contributed by atoms with Crippen LogP contribution in [-0.2, 0) is 0 Å². The van der Waals surface area contributed by atoms with E-state index in [4.69, 9.17) is 0 Å². The van der Waals surface area contributed by atoms with Gasteiger partial charge < -0.3 is 10.5 Å². The Morgan fingerprint density at radius 1 is 1.19 bits per heavy atom. The quantitative estimate of drug-likeness (QED) is 0.832. The van der Waals surface area contributed by atoms with Crippen molar-refractivity contribution < 1.29 is 4.79 Å². The van der Waals surface area contributed by atoms with Gasteiger partial charge in [0.1, 0.15) is 0 Å². The summed E-state index contributed by atoms with van der Waals surface area (Å²) in [6, 6.07) is 7.77. The highest BCUT2D eigenvalue weighted by atomic mass is 16.1. The van der Waals surface area contributed by atoms with Crippen molar-refractivity contribution >= 4 is 18.2 Å². The van der Waals surface area contributed by atoms with Gasteiger partial charge in [-0.2, -0.15) is 0 Å². The predicted octanol–water partition coefficient (Wildman–Crippen LogP) is 2.26. The van der Waals surface area contributed by atoms with E-state index in [1.165, 1.54) is 0 Å². The second-order valence-corrected chi connectivity index (χ2v) is 6.58. The van der Waals surface area contributed by atoms with E-state index in [-0.39, 0.29) is 18.2 Å². The molecule has 0 saturated heterocycles. The summed E-state index contributed by atoms with van der Waals surface area (Å²) in [5, 5.41) is 6.24. The van der Waals surface area contributed by atoms with Crippen LogP contribution in [0.5, 0.6) is 0 Å². The first-order valence-corrected chi connectivity index (χ1v) is 7.43. The van der Waals surface area contributed by atoms with E-state index in [0.717, 1.165) is 11.9 Å². The Labute approximate surface area is 127 Å². The zero-order valence-corrected chi connectivity index (χ0v) is 13.0. The Hall–Kier alpha value is -1.97.